The van der Waals surface area contributed by atoms with Crippen molar-refractivity contribution in [3.8, 4) is 10.4 Å². The summed E-state index contributed by atoms with van der Waals surface area (Å²) in [6.45, 7) is 0.0888. The lowest BCUT2D eigenvalue weighted by Crippen LogP contribution is -1.81. The first-order valence-corrected chi connectivity index (χ1v) is 5.44. The zero-order valence-electron chi connectivity index (χ0n) is 7.40. The second-order valence-electron chi connectivity index (χ2n) is 2.96. The number of hydrogen-bond acceptors (Lipinski definition) is 2. The van der Waals surface area contributed by atoms with Crippen molar-refractivity contribution in [3.63, 3.8) is 0 Å². The molecule has 0 saturated heterocycles. The van der Waals surface area contributed by atoms with Crippen molar-refractivity contribution in [2.75, 3.05) is 0 Å². The predicted molar refractivity (Wildman–Crippen MR) is 60.7 cm³/mol. The van der Waals surface area contributed by atoms with Crippen molar-refractivity contribution in [3.05, 3.63) is 46.3 Å². The average Bonchev–Trinajstić information content (AvgIpc) is 2.65. The molecule has 0 saturated carbocycles. The fourth-order valence-electron chi connectivity index (χ4n) is 1.24. The lowest BCUT2D eigenvalue weighted by molar-refractivity contribution is 0.282. The standard InChI is InChI=1S/C11H9ClOS/c12-11-6-5-10(14-11)9-3-1-8(7-13)2-4-9/h1-6,13H,7H2. The normalized spacial score (nSPS) is 10.4. The van der Waals surface area contributed by atoms with Crippen LogP contribution in [0.25, 0.3) is 10.4 Å². The zero-order chi connectivity index (χ0) is 9.97. The first-order chi connectivity index (χ1) is 6.79. The van der Waals surface area contributed by atoms with Crippen LogP contribution in [0.4, 0.5) is 0 Å². The summed E-state index contributed by atoms with van der Waals surface area (Å²) in [5.41, 5.74) is 2.07. The van der Waals surface area contributed by atoms with Crippen LogP contribution in [0, 0.1) is 0 Å². The molecule has 1 heterocycles. The highest BCUT2D eigenvalue weighted by atomic mass is 35.5. The summed E-state index contributed by atoms with van der Waals surface area (Å²) in [4.78, 5) is 1.15. The third kappa shape index (κ3) is 1.98. The molecule has 0 aliphatic heterocycles. The van der Waals surface area contributed by atoms with Gasteiger partial charge in [-0.1, -0.05) is 35.9 Å². The Morgan fingerprint density at radius 3 is 2.29 bits per heavy atom. The highest BCUT2D eigenvalue weighted by Gasteiger charge is 2.00. The summed E-state index contributed by atoms with van der Waals surface area (Å²) in [7, 11) is 0. The van der Waals surface area contributed by atoms with E-state index in [1.54, 1.807) is 11.3 Å². The number of halogens is 1. The van der Waals surface area contributed by atoms with Crippen LogP contribution in [0.3, 0.4) is 0 Å². The quantitative estimate of drug-likeness (QED) is 0.827. The van der Waals surface area contributed by atoms with Crippen LogP contribution in [-0.4, -0.2) is 5.11 Å². The Morgan fingerprint density at radius 1 is 1.07 bits per heavy atom. The molecule has 72 valence electrons. The molecule has 1 aromatic carbocycles. The summed E-state index contributed by atoms with van der Waals surface area (Å²) >= 11 is 7.40. The molecule has 0 unspecified atom stereocenters. The predicted octanol–water partition coefficient (Wildman–Crippen LogP) is 3.56. The summed E-state index contributed by atoms with van der Waals surface area (Å²) < 4.78 is 0.797. The van der Waals surface area contributed by atoms with Crippen molar-refractivity contribution >= 4 is 22.9 Å². The monoisotopic (exact) mass is 224 g/mol. The van der Waals surface area contributed by atoms with E-state index in [0.717, 1.165) is 20.3 Å². The Kier molecular flexibility index (Phi) is 2.87. The van der Waals surface area contributed by atoms with Gasteiger partial charge in [0.1, 0.15) is 0 Å². The van der Waals surface area contributed by atoms with Crippen molar-refractivity contribution in [2.45, 2.75) is 6.61 Å². The van der Waals surface area contributed by atoms with Crippen molar-refractivity contribution in [1.82, 2.24) is 0 Å². The van der Waals surface area contributed by atoms with Crippen LogP contribution in [0.5, 0.6) is 0 Å². The van der Waals surface area contributed by atoms with Gasteiger partial charge in [0.05, 0.1) is 10.9 Å². The Labute approximate surface area is 91.6 Å². The molecule has 0 amide bonds. The molecule has 1 aromatic heterocycles. The van der Waals surface area contributed by atoms with Crippen LogP contribution in [0.15, 0.2) is 36.4 Å². The van der Waals surface area contributed by atoms with Gasteiger partial charge in [-0.15, -0.1) is 11.3 Å². The van der Waals surface area contributed by atoms with Gasteiger partial charge in [0.25, 0.3) is 0 Å². The van der Waals surface area contributed by atoms with E-state index in [-0.39, 0.29) is 6.61 Å². The largest absolute Gasteiger partial charge is 0.392 e. The molecule has 14 heavy (non-hydrogen) atoms. The fraction of sp³-hybridized carbons (Fsp3) is 0.0909. The van der Waals surface area contributed by atoms with E-state index < -0.39 is 0 Å². The van der Waals surface area contributed by atoms with E-state index in [1.807, 2.05) is 36.4 Å². The van der Waals surface area contributed by atoms with E-state index in [0.29, 0.717) is 0 Å². The van der Waals surface area contributed by atoms with Gasteiger partial charge in [-0.05, 0) is 23.3 Å². The molecular formula is C11H9ClOS. The molecule has 0 spiro atoms. The average molecular weight is 225 g/mol. The van der Waals surface area contributed by atoms with Gasteiger partial charge < -0.3 is 5.11 Å². The van der Waals surface area contributed by atoms with Gasteiger partial charge in [-0.25, -0.2) is 0 Å². The Hall–Kier alpha value is -0.830. The Morgan fingerprint density at radius 2 is 1.79 bits per heavy atom. The molecule has 0 aliphatic rings. The summed E-state index contributed by atoms with van der Waals surface area (Å²) in [6.07, 6.45) is 0. The minimum Gasteiger partial charge on any atom is -0.392 e. The zero-order valence-corrected chi connectivity index (χ0v) is 8.98. The van der Waals surface area contributed by atoms with Gasteiger partial charge >= 0.3 is 0 Å². The smallest absolute Gasteiger partial charge is 0.0934 e. The minimum atomic E-state index is 0.0888. The molecule has 0 atom stereocenters. The van der Waals surface area contributed by atoms with Gasteiger partial charge in [0.2, 0.25) is 0 Å². The highest BCUT2D eigenvalue weighted by molar-refractivity contribution is 7.19. The molecule has 1 N–H and O–H groups in total. The van der Waals surface area contributed by atoms with Crippen LogP contribution in [0.1, 0.15) is 5.56 Å². The van der Waals surface area contributed by atoms with E-state index in [9.17, 15) is 0 Å². The maximum absolute atomic E-state index is 8.88. The van der Waals surface area contributed by atoms with Gasteiger partial charge in [0.15, 0.2) is 0 Å². The fourth-order valence-corrected chi connectivity index (χ4v) is 2.29. The van der Waals surface area contributed by atoms with Gasteiger partial charge in [-0.2, -0.15) is 0 Å². The number of rotatable bonds is 2. The SMILES string of the molecule is OCc1ccc(-c2ccc(Cl)s2)cc1. The lowest BCUT2D eigenvalue weighted by Gasteiger charge is -1.98. The molecule has 0 fully saturated rings. The van der Waals surface area contributed by atoms with Crippen LogP contribution in [0.2, 0.25) is 4.34 Å². The number of hydrogen-bond donors (Lipinski definition) is 1. The van der Waals surface area contributed by atoms with E-state index >= 15 is 0 Å². The maximum atomic E-state index is 8.88. The first kappa shape index (κ1) is 9.71. The van der Waals surface area contributed by atoms with E-state index in [4.69, 9.17) is 16.7 Å². The highest BCUT2D eigenvalue weighted by Crippen LogP contribution is 2.30. The summed E-state index contributed by atoms with van der Waals surface area (Å²) in [5.74, 6) is 0. The summed E-state index contributed by atoms with van der Waals surface area (Å²) in [5, 5.41) is 8.88. The second-order valence-corrected chi connectivity index (χ2v) is 4.67. The molecule has 2 rings (SSSR count). The molecule has 0 aliphatic carbocycles. The third-order valence-electron chi connectivity index (χ3n) is 1.99. The second kappa shape index (κ2) is 4.13. The number of thiophene rings is 1. The molecule has 1 nitrogen and oxygen atoms in total. The first-order valence-electron chi connectivity index (χ1n) is 4.25. The Bertz CT molecular complexity index is 419. The summed E-state index contributed by atoms with van der Waals surface area (Å²) in [6, 6.07) is 11.7. The van der Waals surface area contributed by atoms with Crippen molar-refractivity contribution in [2.24, 2.45) is 0 Å². The number of aliphatic hydroxyl groups is 1. The van der Waals surface area contributed by atoms with Crippen molar-refractivity contribution < 1.29 is 5.11 Å². The molecular weight excluding hydrogens is 216 g/mol. The van der Waals surface area contributed by atoms with Crippen LogP contribution >= 0.6 is 22.9 Å². The molecule has 0 bridgehead atoms. The number of benzene rings is 1. The lowest BCUT2D eigenvalue weighted by atomic mass is 10.1. The Balaban J connectivity index is 2.33. The topological polar surface area (TPSA) is 20.2 Å². The maximum Gasteiger partial charge on any atom is 0.0934 e. The van der Waals surface area contributed by atoms with Crippen LogP contribution < -0.4 is 0 Å². The minimum absolute atomic E-state index is 0.0888. The van der Waals surface area contributed by atoms with Gasteiger partial charge in [0, 0.05) is 4.88 Å². The van der Waals surface area contributed by atoms with E-state index in [1.165, 1.54) is 0 Å². The third-order valence-corrected chi connectivity index (χ3v) is 3.27. The molecule has 3 heteroatoms. The van der Waals surface area contributed by atoms with Crippen LogP contribution in [-0.2, 0) is 6.61 Å². The van der Waals surface area contributed by atoms with Crippen molar-refractivity contribution in [1.29, 1.82) is 0 Å². The van der Waals surface area contributed by atoms with E-state index in [2.05, 4.69) is 0 Å². The number of aliphatic hydroxyl groups excluding tert-OH is 1. The van der Waals surface area contributed by atoms with Gasteiger partial charge in [-0.3, -0.25) is 0 Å². The molecule has 2 aromatic rings. The molecule has 0 radical (unpaired) electrons.